The van der Waals surface area contributed by atoms with E-state index in [0.717, 1.165) is 30.1 Å². The van der Waals surface area contributed by atoms with Crippen LogP contribution in [-0.2, 0) is 9.59 Å². The van der Waals surface area contributed by atoms with Gasteiger partial charge in [0.1, 0.15) is 11.1 Å². The van der Waals surface area contributed by atoms with Crippen LogP contribution in [0.4, 0.5) is 0 Å². The molecule has 1 aromatic rings. The first kappa shape index (κ1) is 20.3. The van der Waals surface area contributed by atoms with Crippen molar-refractivity contribution in [2.45, 2.75) is 18.9 Å². The number of nitrogens with zero attached hydrogens (tertiary/aromatic N) is 3. The van der Waals surface area contributed by atoms with E-state index in [0.29, 0.717) is 10.9 Å². The van der Waals surface area contributed by atoms with Gasteiger partial charge in [-0.15, -0.1) is 0 Å². The minimum atomic E-state index is -1.82. The number of aromatic nitrogens is 1. The van der Waals surface area contributed by atoms with Crippen molar-refractivity contribution >= 4 is 40.7 Å². The Morgan fingerprint density at radius 1 is 1.38 bits per heavy atom. The van der Waals surface area contributed by atoms with E-state index in [1.165, 1.54) is 19.5 Å². The SMILES string of the molecule is CN1CC(CCN2CCC2)Oc2ncc(Cl)cc2C1=S.O=C(O)C(=O)O. The summed E-state index contributed by atoms with van der Waals surface area (Å²) in [5.74, 6) is -3.04. The van der Waals surface area contributed by atoms with Crippen molar-refractivity contribution in [1.29, 1.82) is 0 Å². The summed E-state index contributed by atoms with van der Waals surface area (Å²) in [5, 5.41) is 15.4. The first-order chi connectivity index (χ1) is 12.3. The van der Waals surface area contributed by atoms with E-state index >= 15 is 0 Å². The molecule has 1 saturated heterocycles. The number of aliphatic carboxylic acids is 2. The van der Waals surface area contributed by atoms with Crippen molar-refractivity contribution in [3.8, 4) is 5.88 Å². The highest BCUT2D eigenvalue weighted by atomic mass is 35.5. The predicted molar refractivity (Wildman–Crippen MR) is 98.9 cm³/mol. The van der Waals surface area contributed by atoms with Crippen molar-refractivity contribution in [2.24, 2.45) is 0 Å². The Labute approximate surface area is 161 Å². The number of carboxylic acid groups (broad SMARTS) is 2. The molecule has 10 heteroatoms. The second-order valence-electron chi connectivity index (χ2n) is 6.03. The molecule has 0 radical (unpaired) electrons. The van der Waals surface area contributed by atoms with Crippen molar-refractivity contribution in [3.63, 3.8) is 0 Å². The van der Waals surface area contributed by atoms with Crippen LogP contribution >= 0.6 is 23.8 Å². The van der Waals surface area contributed by atoms with E-state index < -0.39 is 11.9 Å². The van der Waals surface area contributed by atoms with Crippen molar-refractivity contribution in [2.75, 3.05) is 33.2 Å². The predicted octanol–water partition coefficient (Wildman–Crippen LogP) is 1.35. The van der Waals surface area contributed by atoms with Crippen LogP contribution in [0.15, 0.2) is 12.3 Å². The lowest BCUT2D eigenvalue weighted by Crippen LogP contribution is -2.41. The molecule has 1 fully saturated rings. The zero-order valence-corrected chi connectivity index (χ0v) is 15.8. The van der Waals surface area contributed by atoms with Gasteiger partial charge in [0.25, 0.3) is 0 Å². The third-order valence-electron chi connectivity index (χ3n) is 4.05. The minimum Gasteiger partial charge on any atom is -0.473 e. The Morgan fingerprint density at radius 2 is 2.04 bits per heavy atom. The number of hydrogen-bond donors (Lipinski definition) is 2. The number of ether oxygens (including phenoxy) is 1. The molecule has 3 heterocycles. The number of rotatable bonds is 3. The highest BCUT2D eigenvalue weighted by molar-refractivity contribution is 7.80. The Bertz CT molecular complexity index is 686. The highest BCUT2D eigenvalue weighted by Gasteiger charge is 2.26. The van der Waals surface area contributed by atoms with Crippen LogP contribution in [0.5, 0.6) is 5.88 Å². The van der Waals surface area contributed by atoms with Gasteiger partial charge in [0.2, 0.25) is 5.88 Å². The van der Waals surface area contributed by atoms with Gasteiger partial charge in [-0.3, -0.25) is 0 Å². The first-order valence-corrected chi connectivity index (χ1v) is 8.82. The lowest BCUT2D eigenvalue weighted by molar-refractivity contribution is -0.159. The Hall–Kier alpha value is -1.97. The van der Waals surface area contributed by atoms with Crippen LogP contribution in [0.1, 0.15) is 18.4 Å². The summed E-state index contributed by atoms with van der Waals surface area (Å²) in [7, 11) is 2.00. The van der Waals surface area contributed by atoms with Gasteiger partial charge < -0.3 is 24.7 Å². The molecule has 26 heavy (non-hydrogen) atoms. The number of carbonyl (C=O) groups is 2. The van der Waals surface area contributed by atoms with Gasteiger partial charge in [-0.05, 0) is 32.0 Å². The van der Waals surface area contributed by atoms with E-state index in [1.54, 1.807) is 6.20 Å². The normalized spacial score (nSPS) is 19.2. The number of thiocarbonyl (C=S) groups is 1. The summed E-state index contributed by atoms with van der Waals surface area (Å²) in [6, 6.07) is 1.83. The Balaban J connectivity index is 0.000000352. The second-order valence-corrected chi connectivity index (χ2v) is 6.85. The third kappa shape index (κ3) is 5.52. The van der Waals surface area contributed by atoms with E-state index in [1.807, 2.05) is 13.1 Å². The second kappa shape index (κ2) is 9.11. The Kier molecular flexibility index (Phi) is 7.13. The molecule has 3 rings (SSSR count). The van der Waals surface area contributed by atoms with Crippen molar-refractivity contribution in [1.82, 2.24) is 14.8 Å². The molecule has 142 valence electrons. The standard InChI is InChI=1S/C14H18ClN3OS.C2H2O4/c1-17-9-11(3-6-18-4-2-5-18)19-13-12(14(17)20)7-10(15)8-16-13;3-1(4)2(5)6/h7-8,11H,2-6,9H2,1H3;(H,3,4)(H,5,6). The lowest BCUT2D eigenvalue weighted by Gasteiger charge is -2.32. The molecule has 0 aromatic carbocycles. The molecular formula is C16H20ClN3O5S. The van der Waals surface area contributed by atoms with Crippen LogP contribution in [0, 0.1) is 0 Å². The minimum absolute atomic E-state index is 0.119. The zero-order chi connectivity index (χ0) is 19.3. The third-order valence-corrected chi connectivity index (χ3v) is 4.79. The molecule has 0 aliphatic carbocycles. The van der Waals surface area contributed by atoms with Gasteiger partial charge in [-0.1, -0.05) is 23.8 Å². The molecule has 0 amide bonds. The largest absolute Gasteiger partial charge is 0.473 e. The van der Waals surface area contributed by atoms with Gasteiger partial charge in [-0.25, -0.2) is 14.6 Å². The molecule has 0 bridgehead atoms. The summed E-state index contributed by atoms with van der Waals surface area (Å²) in [4.78, 5) is 27.7. The number of fused-ring (bicyclic) bond motifs is 1. The van der Waals surface area contributed by atoms with E-state index in [4.69, 9.17) is 48.4 Å². The van der Waals surface area contributed by atoms with Crippen LogP contribution in [0.3, 0.4) is 0 Å². The fourth-order valence-electron chi connectivity index (χ4n) is 2.55. The van der Waals surface area contributed by atoms with Crippen molar-refractivity contribution in [3.05, 3.63) is 22.8 Å². The zero-order valence-electron chi connectivity index (χ0n) is 14.2. The number of hydrogen-bond acceptors (Lipinski definition) is 6. The van der Waals surface area contributed by atoms with Crippen LogP contribution in [0.2, 0.25) is 5.02 Å². The average Bonchev–Trinajstić information content (AvgIpc) is 2.64. The maximum Gasteiger partial charge on any atom is 0.414 e. The molecule has 2 aliphatic rings. The van der Waals surface area contributed by atoms with Gasteiger partial charge in [0, 0.05) is 19.8 Å². The molecule has 1 atom stereocenters. The van der Waals surface area contributed by atoms with E-state index in [-0.39, 0.29) is 6.10 Å². The summed E-state index contributed by atoms with van der Waals surface area (Å²) >= 11 is 11.5. The van der Waals surface area contributed by atoms with Gasteiger partial charge in [0.15, 0.2) is 0 Å². The monoisotopic (exact) mass is 401 g/mol. The number of halogens is 1. The van der Waals surface area contributed by atoms with Gasteiger partial charge in [0.05, 0.1) is 17.1 Å². The summed E-state index contributed by atoms with van der Waals surface area (Å²) in [6.45, 7) is 4.30. The summed E-state index contributed by atoms with van der Waals surface area (Å²) in [5.41, 5.74) is 0.821. The van der Waals surface area contributed by atoms with Crippen LogP contribution < -0.4 is 4.74 Å². The number of pyridine rings is 1. The smallest absolute Gasteiger partial charge is 0.414 e. The fraction of sp³-hybridized carbons (Fsp3) is 0.500. The molecule has 0 saturated carbocycles. The molecule has 8 nitrogen and oxygen atoms in total. The number of likely N-dealkylation sites (tertiary alicyclic amines) is 1. The number of carboxylic acids is 2. The molecule has 0 spiro atoms. The summed E-state index contributed by atoms with van der Waals surface area (Å²) in [6.07, 6.45) is 4.05. The quantitative estimate of drug-likeness (QED) is 0.573. The lowest BCUT2D eigenvalue weighted by atomic mass is 10.1. The molecule has 2 N–H and O–H groups in total. The fourth-order valence-corrected chi connectivity index (χ4v) is 2.92. The van der Waals surface area contributed by atoms with Crippen LogP contribution in [0.25, 0.3) is 0 Å². The molecule has 1 aromatic heterocycles. The van der Waals surface area contributed by atoms with E-state index in [9.17, 15) is 0 Å². The molecule has 2 aliphatic heterocycles. The Morgan fingerprint density at radius 3 is 2.58 bits per heavy atom. The van der Waals surface area contributed by atoms with Crippen LogP contribution in [-0.4, -0.2) is 81.3 Å². The maximum absolute atomic E-state index is 9.10. The number of likely N-dealkylation sites (N-methyl/N-ethyl adjacent to an activating group) is 1. The maximum atomic E-state index is 9.10. The average molecular weight is 402 g/mol. The first-order valence-electron chi connectivity index (χ1n) is 8.04. The molecule has 1 unspecified atom stereocenters. The topological polar surface area (TPSA) is 103 Å². The molecular weight excluding hydrogens is 382 g/mol. The van der Waals surface area contributed by atoms with Gasteiger partial charge in [-0.2, -0.15) is 0 Å². The van der Waals surface area contributed by atoms with Crippen molar-refractivity contribution < 1.29 is 24.5 Å². The summed E-state index contributed by atoms with van der Waals surface area (Å²) < 4.78 is 6.05. The van der Waals surface area contributed by atoms with E-state index in [2.05, 4.69) is 14.8 Å². The van der Waals surface area contributed by atoms with Gasteiger partial charge >= 0.3 is 11.9 Å². The highest BCUT2D eigenvalue weighted by Crippen LogP contribution is 2.26.